The molecule has 0 radical (unpaired) electrons. The van der Waals surface area contributed by atoms with Gasteiger partial charge in [0.1, 0.15) is 16.8 Å². The molecule has 0 spiro atoms. The number of anilines is 1. The number of hydrogen-bond donors (Lipinski definition) is 1. The van der Waals surface area contributed by atoms with E-state index < -0.39 is 18.5 Å². The molecule has 8 heteroatoms. The molecule has 2 heterocycles. The summed E-state index contributed by atoms with van der Waals surface area (Å²) < 4.78 is 10.2. The van der Waals surface area contributed by atoms with Gasteiger partial charge in [0.2, 0.25) is 0 Å². The van der Waals surface area contributed by atoms with Gasteiger partial charge in [-0.2, -0.15) is 5.26 Å². The summed E-state index contributed by atoms with van der Waals surface area (Å²) in [5, 5.41) is 17.3. The Balaban J connectivity index is 1.35. The monoisotopic (exact) mass is 395 g/mol. The third-order valence-corrected chi connectivity index (χ3v) is 5.87. The standard InChI is InChI=1S/C20H17N3O4S/c21-10-14-12-5-2-4-8-17(12)28-20(14)22-18(24)11-26-19(25)9-15-13-6-1-3-7-16(13)27-23-15/h1,3,6-7H,2,4-5,8-9,11H2,(H,22,24). The van der Waals surface area contributed by atoms with Crippen LogP contribution in [0.5, 0.6) is 0 Å². The number of fused-ring (bicyclic) bond motifs is 2. The first-order valence-corrected chi connectivity index (χ1v) is 9.80. The molecular formula is C20H17N3O4S. The van der Waals surface area contributed by atoms with Crippen molar-refractivity contribution in [1.82, 2.24) is 5.16 Å². The largest absolute Gasteiger partial charge is 0.455 e. The highest BCUT2D eigenvalue weighted by Crippen LogP contribution is 2.37. The maximum atomic E-state index is 12.2. The van der Waals surface area contributed by atoms with Crippen molar-refractivity contribution in [3.8, 4) is 6.07 Å². The molecule has 3 aromatic rings. The Morgan fingerprint density at radius 1 is 1.29 bits per heavy atom. The summed E-state index contributed by atoms with van der Waals surface area (Å²) in [4.78, 5) is 25.4. The number of carbonyl (C=O) groups is 2. The van der Waals surface area contributed by atoms with Crippen molar-refractivity contribution in [2.24, 2.45) is 0 Å². The number of aryl methyl sites for hydroxylation is 1. The molecule has 2 aromatic heterocycles. The van der Waals surface area contributed by atoms with E-state index in [1.807, 2.05) is 18.2 Å². The van der Waals surface area contributed by atoms with Gasteiger partial charge >= 0.3 is 5.97 Å². The highest BCUT2D eigenvalue weighted by Gasteiger charge is 2.22. The van der Waals surface area contributed by atoms with Crippen LogP contribution in [-0.4, -0.2) is 23.6 Å². The van der Waals surface area contributed by atoms with Gasteiger partial charge in [-0.1, -0.05) is 17.3 Å². The number of nitrogens with one attached hydrogen (secondary N) is 1. The minimum absolute atomic E-state index is 0.0823. The topological polar surface area (TPSA) is 105 Å². The number of hydrogen-bond acceptors (Lipinski definition) is 7. The maximum Gasteiger partial charge on any atom is 0.312 e. The zero-order valence-electron chi connectivity index (χ0n) is 15.0. The quantitative estimate of drug-likeness (QED) is 0.664. The number of rotatable bonds is 5. The normalized spacial score (nSPS) is 13.0. The second-order valence-corrected chi connectivity index (χ2v) is 7.64. The fraction of sp³-hybridized carbons (Fsp3) is 0.300. The Labute approximate surface area is 164 Å². The van der Waals surface area contributed by atoms with E-state index in [1.165, 1.54) is 11.3 Å². The number of amides is 1. The lowest BCUT2D eigenvalue weighted by atomic mass is 9.96. The van der Waals surface area contributed by atoms with Crippen LogP contribution < -0.4 is 5.32 Å². The molecule has 1 aliphatic rings. The first kappa shape index (κ1) is 18.2. The minimum atomic E-state index is -0.569. The van der Waals surface area contributed by atoms with Crippen LogP contribution in [0.1, 0.15) is 34.5 Å². The van der Waals surface area contributed by atoms with Crippen LogP contribution in [0.2, 0.25) is 0 Å². The third-order valence-electron chi connectivity index (χ3n) is 4.66. The van der Waals surface area contributed by atoms with Crippen LogP contribution in [0.3, 0.4) is 0 Å². The number of carbonyl (C=O) groups excluding carboxylic acids is 2. The van der Waals surface area contributed by atoms with E-state index in [9.17, 15) is 14.9 Å². The van der Waals surface area contributed by atoms with Gasteiger partial charge in [0, 0.05) is 10.3 Å². The molecule has 0 aliphatic heterocycles. The zero-order valence-corrected chi connectivity index (χ0v) is 15.8. The first-order chi connectivity index (χ1) is 13.7. The zero-order chi connectivity index (χ0) is 19.5. The fourth-order valence-corrected chi connectivity index (χ4v) is 4.59. The van der Waals surface area contributed by atoms with Crippen LogP contribution in [0.25, 0.3) is 11.0 Å². The predicted octanol–water partition coefficient (Wildman–Crippen LogP) is 3.36. The predicted molar refractivity (Wildman–Crippen MR) is 103 cm³/mol. The molecule has 4 rings (SSSR count). The summed E-state index contributed by atoms with van der Waals surface area (Å²) in [6.07, 6.45) is 3.87. The Kier molecular flexibility index (Phi) is 5.08. The van der Waals surface area contributed by atoms with E-state index in [0.717, 1.165) is 41.5 Å². The second-order valence-electron chi connectivity index (χ2n) is 6.54. The van der Waals surface area contributed by atoms with Gasteiger partial charge in [0.15, 0.2) is 12.2 Å². The molecule has 1 aliphatic carbocycles. The molecular weight excluding hydrogens is 378 g/mol. The van der Waals surface area contributed by atoms with Gasteiger partial charge in [0.25, 0.3) is 5.91 Å². The van der Waals surface area contributed by atoms with Gasteiger partial charge in [-0.15, -0.1) is 11.3 Å². The maximum absolute atomic E-state index is 12.2. The number of ether oxygens (including phenoxy) is 1. The average Bonchev–Trinajstić information content (AvgIpc) is 3.27. The Morgan fingerprint density at radius 3 is 2.96 bits per heavy atom. The Hall–Kier alpha value is -3.18. The number of esters is 1. The van der Waals surface area contributed by atoms with Gasteiger partial charge in [-0.05, 0) is 43.4 Å². The van der Waals surface area contributed by atoms with Gasteiger partial charge in [-0.25, -0.2) is 0 Å². The molecule has 0 bridgehead atoms. The molecule has 0 atom stereocenters. The molecule has 7 nitrogen and oxygen atoms in total. The minimum Gasteiger partial charge on any atom is -0.455 e. The molecule has 0 saturated carbocycles. The van der Waals surface area contributed by atoms with Crippen molar-refractivity contribution in [3.63, 3.8) is 0 Å². The fourth-order valence-electron chi connectivity index (χ4n) is 3.33. The Morgan fingerprint density at radius 2 is 2.11 bits per heavy atom. The number of nitrogens with zero attached hydrogens (tertiary/aromatic N) is 2. The summed E-state index contributed by atoms with van der Waals surface area (Å²) in [7, 11) is 0. The number of para-hydroxylation sites is 1. The van der Waals surface area contributed by atoms with Crippen molar-refractivity contribution in [1.29, 1.82) is 5.26 Å². The lowest BCUT2D eigenvalue weighted by molar-refractivity contribution is -0.146. The number of nitriles is 1. The highest BCUT2D eigenvalue weighted by atomic mass is 32.1. The van der Waals surface area contributed by atoms with Crippen LogP contribution in [0.15, 0.2) is 28.8 Å². The summed E-state index contributed by atoms with van der Waals surface area (Å²) in [5.74, 6) is -1.03. The second kappa shape index (κ2) is 7.82. The smallest absolute Gasteiger partial charge is 0.312 e. The van der Waals surface area contributed by atoms with Gasteiger partial charge < -0.3 is 14.6 Å². The van der Waals surface area contributed by atoms with Crippen LogP contribution in [0.4, 0.5) is 5.00 Å². The molecule has 1 N–H and O–H groups in total. The molecule has 1 amide bonds. The summed E-state index contributed by atoms with van der Waals surface area (Å²) >= 11 is 1.44. The van der Waals surface area contributed by atoms with E-state index in [0.29, 0.717) is 21.8 Å². The van der Waals surface area contributed by atoms with Crippen LogP contribution >= 0.6 is 11.3 Å². The Bertz CT molecular complexity index is 1090. The summed E-state index contributed by atoms with van der Waals surface area (Å²) in [6.45, 7) is -0.415. The van der Waals surface area contributed by atoms with E-state index in [-0.39, 0.29) is 6.42 Å². The van der Waals surface area contributed by atoms with Crippen molar-refractivity contribution < 1.29 is 18.8 Å². The van der Waals surface area contributed by atoms with Crippen molar-refractivity contribution in [2.75, 3.05) is 11.9 Å². The van der Waals surface area contributed by atoms with E-state index in [4.69, 9.17) is 9.26 Å². The number of aromatic nitrogens is 1. The summed E-state index contributed by atoms with van der Waals surface area (Å²) in [6, 6.07) is 9.41. The summed E-state index contributed by atoms with van der Waals surface area (Å²) in [5.41, 5.74) is 2.64. The SMILES string of the molecule is N#Cc1c(NC(=O)COC(=O)Cc2noc3ccccc23)sc2c1CCCC2. The lowest BCUT2D eigenvalue weighted by Crippen LogP contribution is -2.21. The van der Waals surface area contributed by atoms with E-state index >= 15 is 0 Å². The third kappa shape index (κ3) is 3.62. The molecule has 28 heavy (non-hydrogen) atoms. The van der Waals surface area contributed by atoms with E-state index in [1.54, 1.807) is 6.07 Å². The molecule has 142 valence electrons. The van der Waals surface area contributed by atoms with Crippen molar-refractivity contribution in [2.45, 2.75) is 32.1 Å². The molecule has 0 unspecified atom stereocenters. The number of thiophene rings is 1. The van der Waals surface area contributed by atoms with Gasteiger partial charge in [0.05, 0.1) is 12.0 Å². The van der Waals surface area contributed by atoms with Crippen molar-refractivity contribution >= 4 is 39.2 Å². The van der Waals surface area contributed by atoms with Gasteiger partial charge in [-0.3, -0.25) is 9.59 Å². The number of benzene rings is 1. The van der Waals surface area contributed by atoms with Crippen LogP contribution in [0, 0.1) is 11.3 Å². The first-order valence-electron chi connectivity index (χ1n) is 8.99. The van der Waals surface area contributed by atoms with E-state index in [2.05, 4.69) is 16.5 Å². The molecule has 0 saturated heterocycles. The molecule has 1 aromatic carbocycles. The van der Waals surface area contributed by atoms with Crippen LogP contribution in [-0.2, 0) is 33.6 Å². The lowest BCUT2D eigenvalue weighted by Gasteiger charge is -2.09. The molecule has 0 fully saturated rings. The van der Waals surface area contributed by atoms with Crippen molar-refractivity contribution in [3.05, 3.63) is 46.0 Å². The average molecular weight is 395 g/mol. The highest BCUT2D eigenvalue weighted by molar-refractivity contribution is 7.16.